The van der Waals surface area contributed by atoms with Crippen molar-refractivity contribution in [3.8, 4) is 11.5 Å². The minimum absolute atomic E-state index is 0.154. The fourth-order valence-electron chi connectivity index (χ4n) is 2.51. The lowest BCUT2D eigenvalue weighted by Gasteiger charge is -2.11. The number of hydrogen-bond acceptors (Lipinski definition) is 5. The fourth-order valence-corrected chi connectivity index (χ4v) is 3.56. The van der Waals surface area contributed by atoms with Crippen molar-refractivity contribution in [2.24, 2.45) is 0 Å². The molecule has 1 fully saturated rings. The van der Waals surface area contributed by atoms with Crippen LogP contribution in [0.2, 0.25) is 0 Å². The van der Waals surface area contributed by atoms with Crippen LogP contribution >= 0.6 is 24.0 Å². The van der Waals surface area contributed by atoms with E-state index < -0.39 is 0 Å². The molecular weight excluding hydrogens is 378 g/mol. The second kappa shape index (κ2) is 9.39. The van der Waals surface area contributed by atoms with Gasteiger partial charge in [-0.05, 0) is 41.8 Å². The molecule has 27 heavy (non-hydrogen) atoms. The summed E-state index contributed by atoms with van der Waals surface area (Å²) >= 11 is 6.25. The molecule has 0 aromatic heterocycles. The molecule has 1 aliphatic rings. The summed E-state index contributed by atoms with van der Waals surface area (Å²) in [6.07, 6.45) is 4.44. The molecule has 1 N–H and O–H groups in total. The van der Waals surface area contributed by atoms with Gasteiger partial charge in [0.25, 0.3) is 5.91 Å². The number of hydrogen-bond donors (Lipinski definition) is 1. The number of benzene rings is 2. The summed E-state index contributed by atoms with van der Waals surface area (Å²) in [5.74, 6) is 1.45. The zero-order valence-electron chi connectivity index (χ0n) is 14.6. The zero-order valence-corrected chi connectivity index (χ0v) is 16.3. The van der Waals surface area contributed by atoms with Crippen LogP contribution in [-0.2, 0) is 11.2 Å². The van der Waals surface area contributed by atoms with Crippen LogP contribution in [-0.4, -0.2) is 23.4 Å². The van der Waals surface area contributed by atoms with E-state index in [1.54, 1.807) is 0 Å². The average Bonchev–Trinajstić information content (AvgIpc) is 2.98. The van der Waals surface area contributed by atoms with Gasteiger partial charge in [0, 0.05) is 0 Å². The molecule has 3 rings (SSSR count). The Kier molecular flexibility index (Phi) is 6.68. The Morgan fingerprint density at radius 3 is 2.52 bits per heavy atom. The first-order valence-electron chi connectivity index (χ1n) is 8.45. The maximum absolute atomic E-state index is 11.7. The van der Waals surface area contributed by atoms with Gasteiger partial charge in [0.2, 0.25) is 0 Å². The summed E-state index contributed by atoms with van der Waals surface area (Å²) in [7, 11) is 0. The van der Waals surface area contributed by atoms with E-state index in [0.717, 1.165) is 29.0 Å². The topological polar surface area (TPSA) is 47.6 Å². The Morgan fingerprint density at radius 1 is 1.07 bits per heavy atom. The van der Waals surface area contributed by atoms with Crippen LogP contribution in [0.15, 0.2) is 66.1 Å². The Labute approximate surface area is 168 Å². The van der Waals surface area contributed by atoms with E-state index in [1.165, 1.54) is 11.8 Å². The van der Waals surface area contributed by atoms with Gasteiger partial charge < -0.3 is 14.8 Å². The van der Waals surface area contributed by atoms with Gasteiger partial charge in [-0.3, -0.25) is 4.79 Å². The molecule has 0 radical (unpaired) electrons. The molecule has 1 aliphatic heterocycles. The Balaban J connectivity index is 1.50. The number of amides is 1. The molecule has 2 aromatic carbocycles. The number of ether oxygens (including phenoxy) is 2. The Hall–Kier alpha value is -2.57. The van der Waals surface area contributed by atoms with E-state index in [0.29, 0.717) is 22.4 Å². The van der Waals surface area contributed by atoms with Crippen molar-refractivity contribution < 1.29 is 14.3 Å². The molecule has 0 saturated carbocycles. The first-order chi connectivity index (χ1) is 13.2. The highest BCUT2D eigenvalue weighted by Crippen LogP contribution is 2.26. The molecule has 1 amide bonds. The third-order valence-electron chi connectivity index (χ3n) is 3.77. The van der Waals surface area contributed by atoms with Crippen molar-refractivity contribution in [1.29, 1.82) is 0 Å². The van der Waals surface area contributed by atoms with Crippen molar-refractivity contribution in [1.82, 2.24) is 5.32 Å². The van der Waals surface area contributed by atoms with E-state index in [-0.39, 0.29) is 5.91 Å². The highest BCUT2D eigenvalue weighted by molar-refractivity contribution is 8.26. The number of thiocarbonyl (C=S) groups is 1. The highest BCUT2D eigenvalue weighted by Gasteiger charge is 2.21. The number of carbonyl (C=O) groups excluding carboxylic acids is 1. The van der Waals surface area contributed by atoms with Crippen LogP contribution in [0.1, 0.15) is 11.1 Å². The molecule has 0 unspecified atom stereocenters. The molecule has 1 saturated heterocycles. The maximum atomic E-state index is 11.7. The number of rotatable bonds is 8. The zero-order chi connectivity index (χ0) is 19.1. The van der Waals surface area contributed by atoms with Crippen LogP contribution in [0.5, 0.6) is 11.5 Å². The van der Waals surface area contributed by atoms with E-state index in [9.17, 15) is 4.79 Å². The Morgan fingerprint density at radius 2 is 1.81 bits per heavy atom. The second-order valence-corrected chi connectivity index (χ2v) is 7.44. The summed E-state index contributed by atoms with van der Waals surface area (Å²) in [6, 6.07) is 15.5. The molecule has 1 heterocycles. The predicted octanol–water partition coefficient (Wildman–Crippen LogP) is 4.36. The molecule has 0 spiro atoms. The van der Waals surface area contributed by atoms with Gasteiger partial charge in [-0.1, -0.05) is 60.4 Å². The van der Waals surface area contributed by atoms with Crippen molar-refractivity contribution >= 4 is 40.3 Å². The van der Waals surface area contributed by atoms with Crippen molar-refractivity contribution in [3.05, 3.63) is 77.2 Å². The lowest BCUT2D eigenvalue weighted by Crippen LogP contribution is -2.17. The molecule has 0 bridgehead atoms. The molecule has 0 atom stereocenters. The minimum atomic E-state index is -0.154. The summed E-state index contributed by atoms with van der Waals surface area (Å²) in [6.45, 7) is 4.66. The number of allylic oxidation sites excluding steroid dienone is 1. The first-order valence-corrected chi connectivity index (χ1v) is 9.67. The van der Waals surface area contributed by atoms with Gasteiger partial charge in [0.05, 0.1) is 4.91 Å². The summed E-state index contributed by atoms with van der Waals surface area (Å²) in [4.78, 5) is 12.3. The van der Waals surface area contributed by atoms with Crippen LogP contribution in [0.3, 0.4) is 0 Å². The lowest BCUT2D eigenvalue weighted by atomic mass is 10.1. The third-order valence-corrected chi connectivity index (χ3v) is 4.93. The average molecular weight is 398 g/mol. The maximum Gasteiger partial charge on any atom is 0.263 e. The van der Waals surface area contributed by atoms with Crippen LogP contribution in [0.25, 0.3) is 6.08 Å². The second-order valence-electron chi connectivity index (χ2n) is 5.72. The number of para-hydroxylation sites is 1. The molecular formula is C21H19NO3S2. The van der Waals surface area contributed by atoms with Gasteiger partial charge in [0.1, 0.15) is 29.0 Å². The summed E-state index contributed by atoms with van der Waals surface area (Å²) < 4.78 is 12.0. The van der Waals surface area contributed by atoms with Gasteiger partial charge in [0.15, 0.2) is 0 Å². The van der Waals surface area contributed by atoms with E-state index in [4.69, 9.17) is 21.7 Å². The fraction of sp³-hybridized carbons (Fsp3) is 0.143. The van der Waals surface area contributed by atoms with Crippen LogP contribution in [0, 0.1) is 0 Å². The van der Waals surface area contributed by atoms with E-state index in [1.807, 2.05) is 60.7 Å². The van der Waals surface area contributed by atoms with Crippen LogP contribution in [0.4, 0.5) is 0 Å². The molecule has 138 valence electrons. The number of carbonyl (C=O) groups is 1. The van der Waals surface area contributed by atoms with Gasteiger partial charge in [-0.2, -0.15) is 0 Å². The minimum Gasteiger partial charge on any atom is -0.490 e. The van der Waals surface area contributed by atoms with Gasteiger partial charge in [-0.25, -0.2) is 0 Å². The number of nitrogens with one attached hydrogen (secondary N) is 1. The predicted molar refractivity (Wildman–Crippen MR) is 114 cm³/mol. The monoisotopic (exact) mass is 397 g/mol. The van der Waals surface area contributed by atoms with E-state index in [2.05, 4.69) is 11.9 Å². The normalized spacial score (nSPS) is 14.9. The smallest absolute Gasteiger partial charge is 0.263 e. The number of thioether (sulfide) groups is 1. The van der Waals surface area contributed by atoms with Crippen molar-refractivity contribution in [2.45, 2.75) is 6.42 Å². The highest BCUT2D eigenvalue weighted by atomic mass is 32.2. The molecule has 6 heteroatoms. The third kappa shape index (κ3) is 5.45. The van der Waals surface area contributed by atoms with Crippen molar-refractivity contribution in [3.63, 3.8) is 0 Å². The van der Waals surface area contributed by atoms with E-state index >= 15 is 0 Å². The van der Waals surface area contributed by atoms with Gasteiger partial charge in [-0.15, -0.1) is 6.58 Å². The SMILES string of the molecule is C=CCc1ccccc1OCCOc1ccc(/C=C2\SC(=S)NC2=O)cc1. The molecule has 0 aliphatic carbocycles. The molecule has 4 nitrogen and oxygen atoms in total. The first kappa shape index (κ1) is 19.2. The largest absolute Gasteiger partial charge is 0.490 e. The molecule has 2 aromatic rings. The van der Waals surface area contributed by atoms with Crippen LogP contribution < -0.4 is 14.8 Å². The quantitative estimate of drug-likeness (QED) is 0.310. The summed E-state index contributed by atoms with van der Waals surface area (Å²) in [5.41, 5.74) is 2.03. The summed E-state index contributed by atoms with van der Waals surface area (Å²) in [5, 5.41) is 2.60. The van der Waals surface area contributed by atoms with Gasteiger partial charge >= 0.3 is 0 Å². The van der Waals surface area contributed by atoms with Crippen molar-refractivity contribution in [2.75, 3.05) is 13.2 Å². The Bertz CT molecular complexity index is 875. The lowest BCUT2D eigenvalue weighted by molar-refractivity contribution is -0.115. The standard InChI is InChI=1S/C21H19NO3S2/c1-2-5-16-6-3-4-7-18(16)25-13-12-24-17-10-8-15(9-11-17)14-19-20(23)22-21(26)27-19/h2-4,6-11,14H,1,5,12-13H2,(H,22,23,26)/b19-14-.